The van der Waals surface area contributed by atoms with Crippen LogP contribution in [0, 0.1) is 27.2 Å². The lowest BCUT2D eigenvalue weighted by Gasteiger charge is -2.25. The quantitative estimate of drug-likeness (QED) is 0.394. The minimum Gasteiger partial charge on any atom is -0.355 e. The maximum atomic E-state index is 11.2. The fourth-order valence-corrected chi connectivity index (χ4v) is 2.60. The highest BCUT2D eigenvalue weighted by molar-refractivity contribution is 6.45. The second-order valence-corrected chi connectivity index (χ2v) is 6.91. The minimum absolute atomic E-state index is 0.107. The van der Waals surface area contributed by atoms with E-state index in [4.69, 9.17) is 46.4 Å². The average Bonchev–Trinajstić information content (AvgIpc) is 2.35. The lowest BCUT2D eigenvalue weighted by Crippen LogP contribution is -2.33. The Morgan fingerprint density at radius 3 is 1.64 bits per heavy atom. The van der Waals surface area contributed by atoms with Crippen molar-refractivity contribution in [3.05, 3.63) is 37.9 Å². The van der Waals surface area contributed by atoms with Crippen molar-refractivity contribution in [2.24, 2.45) is 0 Å². The maximum absolute atomic E-state index is 11.2. The van der Waals surface area contributed by atoms with E-state index in [2.05, 4.69) is 0 Å². The molecule has 0 saturated heterocycles. The molecular weight excluding hydrogens is 380 g/mol. The van der Waals surface area contributed by atoms with Crippen LogP contribution < -0.4 is 4.90 Å². The van der Waals surface area contributed by atoms with Gasteiger partial charge in [0.15, 0.2) is 5.69 Å². The monoisotopic (exact) mass is 389 g/mol. The van der Waals surface area contributed by atoms with Gasteiger partial charge in [-0.3, -0.25) is 20.2 Å². The van der Waals surface area contributed by atoms with Crippen molar-refractivity contribution in [1.82, 2.24) is 0 Å². The minimum atomic E-state index is -0.937. The van der Waals surface area contributed by atoms with Crippen molar-refractivity contribution in [2.75, 3.05) is 18.0 Å². The van der Waals surface area contributed by atoms with E-state index in [-0.39, 0.29) is 18.8 Å². The smallest absolute Gasteiger partial charge is 0.299 e. The van der Waals surface area contributed by atoms with Gasteiger partial charge in [-0.05, 0) is 12.5 Å². The van der Waals surface area contributed by atoms with E-state index in [0.29, 0.717) is 5.56 Å². The molecular formula is C11H11Cl4N3O4. The summed E-state index contributed by atoms with van der Waals surface area (Å²) in [6.07, 6.45) is 0. The third-order valence-electron chi connectivity index (χ3n) is 2.64. The molecule has 0 heterocycles. The number of aryl methyl sites for hydroxylation is 1. The molecule has 0 aliphatic heterocycles. The number of rotatable bonds is 7. The molecule has 1 aromatic rings. The standard InChI is InChI=1S/C11H11Cl4N3O4/c1-6-2-7(17(19)20)11(8(3-6)18(21)22)16(4-9(12)13)5-10(14)15/h2-3,9-10H,4-5H2,1H3. The van der Waals surface area contributed by atoms with Crippen LogP contribution in [0.5, 0.6) is 0 Å². The molecule has 11 heteroatoms. The van der Waals surface area contributed by atoms with Crippen LogP contribution in [0.25, 0.3) is 0 Å². The van der Waals surface area contributed by atoms with Gasteiger partial charge >= 0.3 is 0 Å². The van der Waals surface area contributed by atoms with E-state index < -0.39 is 30.9 Å². The fraction of sp³-hybridized carbons (Fsp3) is 0.455. The van der Waals surface area contributed by atoms with Crippen molar-refractivity contribution in [3.63, 3.8) is 0 Å². The van der Waals surface area contributed by atoms with Crippen LogP contribution in [0.3, 0.4) is 0 Å². The van der Waals surface area contributed by atoms with Crippen LogP contribution >= 0.6 is 46.4 Å². The van der Waals surface area contributed by atoms with E-state index in [9.17, 15) is 20.2 Å². The largest absolute Gasteiger partial charge is 0.355 e. The summed E-state index contributed by atoms with van der Waals surface area (Å²) in [6.45, 7) is 1.31. The molecule has 0 radical (unpaired) electrons. The van der Waals surface area contributed by atoms with Crippen LogP contribution in [0.4, 0.5) is 17.1 Å². The molecule has 0 spiro atoms. The van der Waals surface area contributed by atoms with Crippen molar-refractivity contribution >= 4 is 63.5 Å². The highest BCUT2D eigenvalue weighted by Crippen LogP contribution is 2.39. The Morgan fingerprint density at radius 2 is 1.36 bits per heavy atom. The predicted octanol–water partition coefficient (Wildman–Crippen LogP) is 4.23. The molecule has 0 fully saturated rings. The Balaban J connectivity index is 3.55. The predicted molar refractivity (Wildman–Crippen MR) is 87.7 cm³/mol. The molecule has 0 unspecified atom stereocenters. The second-order valence-electron chi connectivity index (χ2n) is 4.35. The van der Waals surface area contributed by atoms with Gasteiger partial charge in [0, 0.05) is 25.2 Å². The molecule has 1 aromatic carbocycles. The summed E-state index contributed by atoms with van der Waals surface area (Å²) < 4.78 is 0. The van der Waals surface area contributed by atoms with Gasteiger partial charge in [-0.2, -0.15) is 0 Å². The number of nitrogens with zero attached hydrogens (tertiary/aromatic N) is 3. The van der Waals surface area contributed by atoms with E-state index in [1.54, 1.807) is 0 Å². The first-order valence-electron chi connectivity index (χ1n) is 5.88. The second kappa shape index (κ2) is 8.01. The molecule has 0 aliphatic rings. The summed E-state index contributed by atoms with van der Waals surface area (Å²) in [4.78, 5) is 20.4. The third-order valence-corrected chi connectivity index (χ3v) is 3.19. The molecule has 22 heavy (non-hydrogen) atoms. The molecule has 0 aromatic heterocycles. The van der Waals surface area contributed by atoms with Gasteiger partial charge in [0.2, 0.25) is 0 Å². The van der Waals surface area contributed by atoms with E-state index >= 15 is 0 Å². The fourth-order valence-electron chi connectivity index (χ4n) is 1.93. The first-order chi connectivity index (χ1) is 10.1. The molecule has 0 amide bonds. The summed E-state index contributed by atoms with van der Waals surface area (Å²) in [5, 5.41) is 22.5. The van der Waals surface area contributed by atoms with Gasteiger partial charge in [0.05, 0.1) is 9.85 Å². The van der Waals surface area contributed by atoms with Gasteiger partial charge in [-0.15, -0.1) is 46.4 Å². The van der Waals surface area contributed by atoms with Gasteiger partial charge in [0.25, 0.3) is 11.4 Å². The maximum Gasteiger partial charge on any atom is 0.299 e. The molecule has 0 N–H and O–H groups in total. The molecule has 0 saturated carbocycles. The van der Waals surface area contributed by atoms with Gasteiger partial charge in [-0.1, -0.05) is 0 Å². The SMILES string of the molecule is Cc1cc([N+](=O)[O-])c(N(CC(Cl)Cl)CC(Cl)Cl)c([N+](=O)[O-])c1. The molecule has 0 bridgehead atoms. The molecule has 7 nitrogen and oxygen atoms in total. The van der Waals surface area contributed by atoms with Crippen LogP contribution in [0.15, 0.2) is 12.1 Å². The summed E-state index contributed by atoms with van der Waals surface area (Å²) in [7, 11) is 0. The molecule has 122 valence electrons. The first-order valence-corrected chi connectivity index (χ1v) is 7.62. The lowest BCUT2D eigenvalue weighted by molar-refractivity contribution is -0.392. The zero-order chi connectivity index (χ0) is 17.0. The Kier molecular flexibility index (Phi) is 6.93. The molecule has 0 aliphatic carbocycles. The highest BCUT2D eigenvalue weighted by atomic mass is 35.5. The summed E-state index contributed by atoms with van der Waals surface area (Å²) in [6, 6.07) is 2.45. The van der Waals surface area contributed by atoms with Crippen LogP contribution in [-0.4, -0.2) is 32.6 Å². The van der Waals surface area contributed by atoms with Gasteiger partial charge in [-0.25, -0.2) is 0 Å². The van der Waals surface area contributed by atoms with Gasteiger partial charge < -0.3 is 4.90 Å². The summed E-state index contributed by atoms with van der Waals surface area (Å²) in [5.41, 5.74) is -0.716. The topological polar surface area (TPSA) is 89.5 Å². The number of halogens is 4. The third kappa shape index (κ3) is 5.01. The summed E-state index contributed by atoms with van der Waals surface area (Å²) in [5.74, 6) is 0. The number of benzene rings is 1. The number of anilines is 1. The number of hydrogen-bond donors (Lipinski definition) is 0. The zero-order valence-corrected chi connectivity index (χ0v) is 14.2. The average molecular weight is 391 g/mol. The Hall–Kier alpha value is -1.02. The van der Waals surface area contributed by atoms with E-state index in [1.807, 2.05) is 0 Å². The Morgan fingerprint density at radius 1 is 1.00 bits per heavy atom. The van der Waals surface area contributed by atoms with Gasteiger partial charge in [0.1, 0.15) is 9.67 Å². The van der Waals surface area contributed by atoms with Crippen LogP contribution in [0.1, 0.15) is 5.56 Å². The first kappa shape index (κ1) is 19.0. The zero-order valence-electron chi connectivity index (χ0n) is 11.2. The van der Waals surface area contributed by atoms with E-state index in [1.165, 1.54) is 24.0 Å². The molecule has 0 atom stereocenters. The summed E-state index contributed by atoms with van der Waals surface area (Å²) >= 11 is 22.8. The van der Waals surface area contributed by atoms with Crippen molar-refractivity contribution in [2.45, 2.75) is 16.6 Å². The van der Waals surface area contributed by atoms with Crippen molar-refractivity contribution < 1.29 is 9.85 Å². The normalized spacial score (nSPS) is 11.0. The Bertz CT molecular complexity index is 537. The lowest BCUT2D eigenvalue weighted by atomic mass is 10.1. The van der Waals surface area contributed by atoms with Crippen LogP contribution in [0.2, 0.25) is 0 Å². The number of hydrogen-bond acceptors (Lipinski definition) is 5. The van der Waals surface area contributed by atoms with E-state index in [0.717, 1.165) is 0 Å². The number of alkyl halides is 4. The van der Waals surface area contributed by atoms with Crippen molar-refractivity contribution in [1.29, 1.82) is 0 Å². The van der Waals surface area contributed by atoms with Crippen molar-refractivity contribution in [3.8, 4) is 0 Å². The number of nitro groups is 2. The number of nitro benzene ring substituents is 2. The highest BCUT2D eigenvalue weighted by Gasteiger charge is 2.32. The van der Waals surface area contributed by atoms with Crippen LogP contribution in [-0.2, 0) is 0 Å². The Labute approximate surface area is 146 Å². The molecule has 1 rings (SSSR count).